The number of carbonyl (C=O) groups is 1. The molecule has 0 aromatic heterocycles. The van der Waals surface area contributed by atoms with E-state index in [0.29, 0.717) is 29.0 Å². The summed E-state index contributed by atoms with van der Waals surface area (Å²) < 4.78 is 78.8. The number of hydrogen-bond acceptors (Lipinski definition) is 5. The van der Waals surface area contributed by atoms with E-state index in [9.17, 15) is 26.4 Å². The molecule has 3 aromatic carbocycles. The number of benzene rings is 3. The average Bonchev–Trinajstić information content (AvgIpc) is 3.30. The molecule has 3 aromatic rings. The number of para-hydroxylation sites is 1. The summed E-state index contributed by atoms with van der Waals surface area (Å²) in [6.45, 7) is -0.364. The van der Waals surface area contributed by atoms with Crippen LogP contribution in [0.3, 0.4) is 0 Å². The predicted octanol–water partition coefficient (Wildman–Crippen LogP) is 4.51. The van der Waals surface area contributed by atoms with Gasteiger partial charge in [-0.1, -0.05) is 24.3 Å². The van der Waals surface area contributed by atoms with Crippen LogP contribution >= 0.6 is 0 Å². The zero-order valence-corrected chi connectivity index (χ0v) is 20.3. The number of anilines is 2. The fourth-order valence-corrected chi connectivity index (χ4v) is 5.48. The molecule has 0 aliphatic carbocycles. The Hall–Kier alpha value is -3.73. The highest BCUT2D eigenvalue weighted by molar-refractivity contribution is 7.92. The third kappa shape index (κ3) is 4.83. The molecule has 7 nitrogen and oxygen atoms in total. The van der Waals surface area contributed by atoms with E-state index >= 15 is 0 Å². The molecule has 0 unspecified atom stereocenters. The van der Waals surface area contributed by atoms with Crippen molar-refractivity contribution in [2.75, 3.05) is 36.5 Å². The van der Waals surface area contributed by atoms with Gasteiger partial charge in [-0.05, 0) is 48.4 Å². The lowest BCUT2D eigenvalue weighted by molar-refractivity contribution is -0.137. The molecule has 0 fully saturated rings. The van der Waals surface area contributed by atoms with E-state index < -0.39 is 34.2 Å². The minimum absolute atomic E-state index is 0.113. The van der Waals surface area contributed by atoms with Crippen molar-refractivity contribution in [3.63, 3.8) is 0 Å². The zero-order chi connectivity index (χ0) is 26.1. The largest absolute Gasteiger partial charge is 0.493 e. The molecule has 0 radical (unpaired) electrons. The topological polar surface area (TPSA) is 76.2 Å². The van der Waals surface area contributed by atoms with Crippen LogP contribution in [0.4, 0.5) is 24.5 Å². The SMILES string of the molecule is COc1ccc(S(=O)(=O)N(CC(=O)N2CCc3ccccc32)c2cccc(C(F)(F)F)c2)cc1OC. The van der Waals surface area contributed by atoms with Crippen LogP contribution in [0.15, 0.2) is 71.6 Å². The second-order valence-corrected chi connectivity index (χ2v) is 9.86. The normalized spacial score (nSPS) is 13.3. The van der Waals surface area contributed by atoms with Gasteiger partial charge in [0.25, 0.3) is 10.0 Å². The first-order valence-corrected chi connectivity index (χ1v) is 12.3. The Balaban J connectivity index is 1.78. The van der Waals surface area contributed by atoms with Crippen LogP contribution in [-0.2, 0) is 27.4 Å². The smallest absolute Gasteiger partial charge is 0.416 e. The Morgan fingerprint density at radius 3 is 2.39 bits per heavy atom. The Labute approximate surface area is 206 Å². The van der Waals surface area contributed by atoms with Gasteiger partial charge in [-0.3, -0.25) is 9.10 Å². The first-order chi connectivity index (χ1) is 17.1. The lowest BCUT2D eigenvalue weighted by Crippen LogP contribution is -2.42. The molecule has 0 bridgehead atoms. The number of halogens is 3. The highest BCUT2D eigenvalue weighted by Crippen LogP contribution is 2.36. The first kappa shape index (κ1) is 25.4. The number of carbonyl (C=O) groups excluding carboxylic acids is 1. The van der Waals surface area contributed by atoms with Gasteiger partial charge in [0.1, 0.15) is 6.54 Å². The van der Waals surface area contributed by atoms with Crippen molar-refractivity contribution in [1.82, 2.24) is 0 Å². The molecule has 0 atom stereocenters. The Kier molecular flexibility index (Phi) is 6.85. The summed E-state index contributed by atoms with van der Waals surface area (Å²) in [5, 5.41) is 0. The molecule has 4 rings (SSSR count). The summed E-state index contributed by atoms with van der Waals surface area (Å²) in [6.07, 6.45) is -4.11. The third-order valence-corrected chi connectivity index (χ3v) is 7.64. The van der Waals surface area contributed by atoms with Crippen molar-refractivity contribution in [2.45, 2.75) is 17.5 Å². The number of fused-ring (bicyclic) bond motifs is 1. The van der Waals surface area contributed by atoms with Crippen molar-refractivity contribution in [2.24, 2.45) is 0 Å². The lowest BCUT2D eigenvalue weighted by Gasteiger charge is -2.27. The fraction of sp³-hybridized carbons (Fsp3) is 0.240. The maximum Gasteiger partial charge on any atom is 0.416 e. The molecular formula is C25H23F3N2O5S. The third-order valence-electron chi connectivity index (χ3n) is 5.87. The van der Waals surface area contributed by atoms with Gasteiger partial charge in [-0.25, -0.2) is 8.42 Å². The van der Waals surface area contributed by atoms with Gasteiger partial charge >= 0.3 is 6.18 Å². The molecule has 11 heteroatoms. The van der Waals surface area contributed by atoms with Gasteiger partial charge in [0.15, 0.2) is 11.5 Å². The van der Waals surface area contributed by atoms with Gasteiger partial charge in [-0.15, -0.1) is 0 Å². The second kappa shape index (κ2) is 9.73. The molecule has 0 saturated heterocycles. The molecule has 0 N–H and O–H groups in total. The molecule has 190 valence electrons. The van der Waals surface area contributed by atoms with Crippen molar-refractivity contribution >= 4 is 27.3 Å². The maximum absolute atomic E-state index is 13.7. The minimum Gasteiger partial charge on any atom is -0.493 e. The van der Waals surface area contributed by atoms with E-state index in [4.69, 9.17) is 9.47 Å². The van der Waals surface area contributed by atoms with E-state index in [1.807, 2.05) is 12.1 Å². The molecule has 1 aliphatic rings. The number of hydrogen-bond donors (Lipinski definition) is 0. The van der Waals surface area contributed by atoms with E-state index in [-0.39, 0.29) is 22.1 Å². The molecule has 36 heavy (non-hydrogen) atoms. The molecule has 0 saturated carbocycles. The van der Waals surface area contributed by atoms with Crippen molar-refractivity contribution in [1.29, 1.82) is 0 Å². The quantitative estimate of drug-likeness (QED) is 0.458. The summed E-state index contributed by atoms with van der Waals surface area (Å²) in [5.74, 6) is -0.185. The van der Waals surface area contributed by atoms with Gasteiger partial charge < -0.3 is 14.4 Å². The number of methoxy groups -OCH3 is 2. The molecule has 1 heterocycles. The Bertz CT molecular complexity index is 1390. The van der Waals surface area contributed by atoms with Crippen LogP contribution in [0.25, 0.3) is 0 Å². The number of rotatable bonds is 7. The van der Waals surface area contributed by atoms with Gasteiger partial charge in [-0.2, -0.15) is 13.2 Å². The monoisotopic (exact) mass is 520 g/mol. The van der Waals surface area contributed by atoms with E-state index in [1.165, 1.54) is 43.4 Å². The van der Waals surface area contributed by atoms with E-state index in [1.54, 1.807) is 12.1 Å². The lowest BCUT2D eigenvalue weighted by atomic mass is 10.2. The van der Waals surface area contributed by atoms with Crippen LogP contribution in [0.1, 0.15) is 11.1 Å². The van der Waals surface area contributed by atoms with Crippen LogP contribution in [0.5, 0.6) is 11.5 Å². The van der Waals surface area contributed by atoms with Crippen LogP contribution in [-0.4, -0.2) is 41.6 Å². The highest BCUT2D eigenvalue weighted by atomic mass is 32.2. The standard InChI is InChI=1S/C25H23F3N2O5S/c1-34-22-11-10-20(15-23(22)35-2)36(32,33)30(19-8-5-7-18(14-19)25(26,27)28)16-24(31)29-13-12-17-6-3-4-9-21(17)29/h3-11,14-15H,12-13,16H2,1-2H3. The number of amides is 1. The summed E-state index contributed by atoms with van der Waals surface area (Å²) in [5.41, 5.74) is 0.251. The van der Waals surface area contributed by atoms with Crippen molar-refractivity contribution in [3.8, 4) is 11.5 Å². The summed E-state index contributed by atoms with van der Waals surface area (Å²) in [7, 11) is -1.78. The minimum atomic E-state index is -4.70. The fourth-order valence-electron chi connectivity index (χ4n) is 4.06. The summed E-state index contributed by atoms with van der Waals surface area (Å²) in [6, 6.07) is 14.9. The highest BCUT2D eigenvalue weighted by Gasteiger charge is 2.35. The maximum atomic E-state index is 13.7. The second-order valence-electron chi connectivity index (χ2n) is 8.00. The predicted molar refractivity (Wildman–Crippen MR) is 128 cm³/mol. The Morgan fingerprint density at radius 1 is 0.972 bits per heavy atom. The molecule has 0 spiro atoms. The zero-order valence-electron chi connectivity index (χ0n) is 19.4. The number of sulfonamides is 1. The van der Waals surface area contributed by atoms with E-state index in [2.05, 4.69) is 0 Å². The molecule has 1 aliphatic heterocycles. The van der Waals surface area contributed by atoms with Crippen LogP contribution in [0.2, 0.25) is 0 Å². The van der Waals surface area contributed by atoms with Gasteiger partial charge in [0.05, 0.1) is 30.4 Å². The Morgan fingerprint density at radius 2 is 1.69 bits per heavy atom. The van der Waals surface area contributed by atoms with Gasteiger partial charge in [0, 0.05) is 18.3 Å². The molecular weight excluding hydrogens is 497 g/mol. The van der Waals surface area contributed by atoms with Gasteiger partial charge in [0.2, 0.25) is 5.91 Å². The van der Waals surface area contributed by atoms with Crippen molar-refractivity contribution in [3.05, 3.63) is 77.9 Å². The van der Waals surface area contributed by atoms with Crippen molar-refractivity contribution < 1.29 is 35.9 Å². The summed E-state index contributed by atoms with van der Waals surface area (Å²) >= 11 is 0. The molecule has 1 amide bonds. The number of ether oxygens (including phenoxy) is 2. The first-order valence-electron chi connectivity index (χ1n) is 10.9. The van der Waals surface area contributed by atoms with Crippen LogP contribution < -0.4 is 18.7 Å². The number of alkyl halides is 3. The van der Waals surface area contributed by atoms with Crippen LogP contribution in [0, 0.1) is 0 Å². The average molecular weight is 521 g/mol. The number of nitrogens with zero attached hydrogens (tertiary/aromatic N) is 2. The van der Waals surface area contributed by atoms with E-state index in [0.717, 1.165) is 17.7 Å². The summed E-state index contributed by atoms with van der Waals surface area (Å²) in [4.78, 5) is 14.5.